The van der Waals surface area contributed by atoms with Gasteiger partial charge in [-0.2, -0.15) is 0 Å². The lowest BCUT2D eigenvalue weighted by Gasteiger charge is -2.33. The highest BCUT2D eigenvalue weighted by Crippen LogP contribution is 2.31. The van der Waals surface area contributed by atoms with Crippen LogP contribution in [0.2, 0.25) is 0 Å². The molecule has 1 aromatic heterocycles. The Morgan fingerprint density at radius 3 is 2.54 bits per heavy atom. The standard InChI is InChI=1S/C17H26N5O2/c1-7-11(4)22-12(5)9-20-13-14(18-16(20)22)19(6)17(24)21(15(13)23)8-10(2)3/h9-11,13H,7-8H2,1-6H3/q+1. The third-order valence-corrected chi connectivity index (χ3v) is 4.83. The first kappa shape index (κ1) is 16.7. The number of carbonyl (C=O) groups is 2. The Bertz CT molecular complexity index is 734. The van der Waals surface area contributed by atoms with E-state index in [-0.39, 0.29) is 23.9 Å². The first-order chi connectivity index (χ1) is 11.3. The molecule has 3 heterocycles. The van der Waals surface area contributed by atoms with Crippen molar-refractivity contribution in [1.29, 1.82) is 0 Å². The summed E-state index contributed by atoms with van der Waals surface area (Å²) in [5.41, 5.74) is 1.07. The van der Waals surface area contributed by atoms with E-state index < -0.39 is 6.04 Å². The van der Waals surface area contributed by atoms with Crippen LogP contribution in [0.1, 0.15) is 51.9 Å². The van der Waals surface area contributed by atoms with Crippen molar-refractivity contribution in [2.75, 3.05) is 13.6 Å². The Balaban J connectivity index is 2.08. The van der Waals surface area contributed by atoms with Gasteiger partial charge in [0.15, 0.2) is 0 Å². The molecule has 0 bridgehead atoms. The normalized spacial score (nSPS) is 21.3. The van der Waals surface area contributed by atoms with Gasteiger partial charge in [-0.1, -0.05) is 25.8 Å². The van der Waals surface area contributed by atoms with Crippen molar-refractivity contribution in [3.63, 3.8) is 0 Å². The molecular formula is C17H26N5O2+. The second kappa shape index (κ2) is 5.72. The van der Waals surface area contributed by atoms with Crippen molar-refractivity contribution in [1.82, 2.24) is 14.4 Å². The Hall–Kier alpha value is -2.18. The average Bonchev–Trinajstić information content (AvgIpc) is 3.03. The number of rotatable bonds is 4. The van der Waals surface area contributed by atoms with Gasteiger partial charge in [-0.25, -0.2) is 13.9 Å². The topological polar surface area (TPSA) is 61.8 Å². The molecular weight excluding hydrogens is 306 g/mol. The molecule has 0 radical (unpaired) electrons. The number of imidazole rings is 1. The van der Waals surface area contributed by atoms with E-state index in [1.807, 2.05) is 31.5 Å². The molecule has 2 atom stereocenters. The minimum atomic E-state index is -0.537. The number of nitrogens with zero attached hydrogens (tertiary/aromatic N) is 5. The van der Waals surface area contributed by atoms with Gasteiger partial charge < -0.3 is 0 Å². The second-order valence-corrected chi connectivity index (χ2v) is 7.16. The molecule has 0 N–H and O–H groups in total. The summed E-state index contributed by atoms with van der Waals surface area (Å²) in [4.78, 5) is 33.1. The number of carbonyl (C=O) groups excluding carboxylic acids is 2. The summed E-state index contributed by atoms with van der Waals surface area (Å²) in [6.45, 7) is 10.7. The summed E-state index contributed by atoms with van der Waals surface area (Å²) in [5, 5.41) is 0. The molecule has 2 aliphatic rings. The van der Waals surface area contributed by atoms with E-state index >= 15 is 0 Å². The number of amides is 3. The number of imide groups is 1. The van der Waals surface area contributed by atoms with Crippen LogP contribution >= 0.6 is 0 Å². The number of amidine groups is 1. The first-order valence-corrected chi connectivity index (χ1v) is 8.58. The SMILES string of the molecule is CCC(C)n1c(C)c[n+]2c1N=C1C2C(=O)N(CC(C)C)C(=O)N1C. The first-order valence-electron chi connectivity index (χ1n) is 8.58. The van der Waals surface area contributed by atoms with E-state index in [1.165, 1.54) is 9.80 Å². The molecule has 1 saturated heterocycles. The van der Waals surface area contributed by atoms with Crippen molar-refractivity contribution >= 4 is 23.7 Å². The van der Waals surface area contributed by atoms with Crippen molar-refractivity contribution < 1.29 is 14.2 Å². The maximum atomic E-state index is 13.0. The van der Waals surface area contributed by atoms with Crippen molar-refractivity contribution in [3.05, 3.63) is 11.9 Å². The van der Waals surface area contributed by atoms with Crippen LogP contribution in [-0.2, 0) is 4.79 Å². The molecule has 7 nitrogen and oxygen atoms in total. The van der Waals surface area contributed by atoms with Crippen LogP contribution in [0.15, 0.2) is 11.2 Å². The van der Waals surface area contributed by atoms with E-state index in [9.17, 15) is 9.59 Å². The van der Waals surface area contributed by atoms with Crippen LogP contribution in [0, 0.1) is 12.8 Å². The molecule has 1 fully saturated rings. The monoisotopic (exact) mass is 332 g/mol. The fourth-order valence-corrected chi connectivity index (χ4v) is 3.46. The minimum Gasteiger partial charge on any atom is -0.270 e. The van der Waals surface area contributed by atoms with E-state index in [1.54, 1.807) is 7.05 Å². The van der Waals surface area contributed by atoms with Crippen LogP contribution < -0.4 is 4.57 Å². The van der Waals surface area contributed by atoms with Crippen LogP contribution in [0.25, 0.3) is 0 Å². The maximum absolute atomic E-state index is 13.0. The molecule has 24 heavy (non-hydrogen) atoms. The fourth-order valence-electron chi connectivity index (χ4n) is 3.46. The van der Waals surface area contributed by atoms with E-state index in [0.29, 0.717) is 12.4 Å². The summed E-state index contributed by atoms with van der Waals surface area (Å²) in [5.74, 6) is 1.32. The summed E-state index contributed by atoms with van der Waals surface area (Å²) < 4.78 is 4.05. The highest BCUT2D eigenvalue weighted by atomic mass is 16.2. The van der Waals surface area contributed by atoms with Crippen LogP contribution in [0.4, 0.5) is 10.7 Å². The number of likely N-dealkylation sites (N-methyl/N-ethyl adjacent to an activating group) is 1. The predicted octanol–water partition coefficient (Wildman–Crippen LogP) is 2.19. The summed E-state index contributed by atoms with van der Waals surface area (Å²) in [6, 6.07) is -0.541. The Kier molecular flexibility index (Phi) is 3.97. The van der Waals surface area contributed by atoms with Crippen molar-refractivity contribution in [2.24, 2.45) is 10.9 Å². The molecule has 3 amide bonds. The third kappa shape index (κ3) is 2.25. The molecule has 130 valence electrons. The molecule has 0 aliphatic carbocycles. The predicted molar refractivity (Wildman–Crippen MR) is 90.2 cm³/mol. The van der Waals surface area contributed by atoms with Gasteiger partial charge in [-0.05, 0) is 26.2 Å². The number of aliphatic imine (C=N–C) groups is 1. The van der Waals surface area contributed by atoms with Crippen LogP contribution in [-0.4, -0.2) is 45.7 Å². The van der Waals surface area contributed by atoms with Crippen molar-refractivity contribution in [3.8, 4) is 0 Å². The summed E-state index contributed by atoms with van der Waals surface area (Å²) >= 11 is 0. The van der Waals surface area contributed by atoms with Gasteiger partial charge in [0.05, 0.1) is 6.04 Å². The van der Waals surface area contributed by atoms with Crippen molar-refractivity contribution in [2.45, 2.75) is 53.1 Å². The number of aromatic nitrogens is 2. The van der Waals surface area contributed by atoms with Gasteiger partial charge in [-0.15, -0.1) is 0 Å². The third-order valence-electron chi connectivity index (χ3n) is 4.83. The number of fused-ring (bicyclic) bond motifs is 3. The quantitative estimate of drug-likeness (QED) is 0.794. The number of hydrogen-bond acceptors (Lipinski definition) is 3. The van der Waals surface area contributed by atoms with Gasteiger partial charge in [0.2, 0.25) is 11.9 Å². The molecule has 7 heteroatoms. The highest BCUT2D eigenvalue weighted by Gasteiger charge is 2.53. The number of hydrogen-bond donors (Lipinski definition) is 0. The lowest BCUT2D eigenvalue weighted by atomic mass is 10.1. The number of aryl methyl sites for hydroxylation is 1. The Morgan fingerprint density at radius 1 is 1.29 bits per heavy atom. The van der Waals surface area contributed by atoms with Gasteiger partial charge >= 0.3 is 12.0 Å². The van der Waals surface area contributed by atoms with E-state index in [0.717, 1.165) is 18.1 Å². The van der Waals surface area contributed by atoms with Gasteiger partial charge in [0, 0.05) is 13.6 Å². The van der Waals surface area contributed by atoms with Gasteiger partial charge in [0.25, 0.3) is 5.91 Å². The lowest BCUT2D eigenvalue weighted by Crippen LogP contribution is -2.63. The lowest BCUT2D eigenvalue weighted by molar-refractivity contribution is -0.677. The zero-order valence-corrected chi connectivity index (χ0v) is 15.3. The zero-order valence-electron chi connectivity index (χ0n) is 15.3. The molecule has 2 unspecified atom stereocenters. The van der Waals surface area contributed by atoms with Crippen LogP contribution in [0.3, 0.4) is 0 Å². The van der Waals surface area contributed by atoms with E-state index in [2.05, 4.69) is 23.4 Å². The second-order valence-electron chi connectivity index (χ2n) is 7.16. The molecule has 0 saturated carbocycles. The largest absolute Gasteiger partial charge is 0.402 e. The smallest absolute Gasteiger partial charge is 0.270 e. The number of urea groups is 1. The average molecular weight is 332 g/mol. The fraction of sp³-hybridized carbons (Fsp3) is 0.647. The highest BCUT2D eigenvalue weighted by molar-refractivity contribution is 6.19. The van der Waals surface area contributed by atoms with Crippen LogP contribution in [0.5, 0.6) is 0 Å². The Labute approximate surface area is 142 Å². The van der Waals surface area contributed by atoms with Gasteiger partial charge in [0.1, 0.15) is 11.9 Å². The zero-order chi connectivity index (χ0) is 17.8. The van der Waals surface area contributed by atoms with E-state index in [4.69, 9.17) is 0 Å². The van der Waals surface area contributed by atoms with Gasteiger partial charge in [-0.3, -0.25) is 14.6 Å². The molecule has 2 aliphatic heterocycles. The maximum Gasteiger partial charge on any atom is 0.402 e. The molecule has 0 spiro atoms. The molecule has 3 rings (SSSR count). The summed E-state index contributed by atoms with van der Waals surface area (Å²) in [7, 11) is 1.70. The Morgan fingerprint density at radius 2 is 1.96 bits per heavy atom. The molecule has 0 aromatic carbocycles. The minimum absolute atomic E-state index is 0.185. The summed E-state index contributed by atoms with van der Waals surface area (Å²) in [6.07, 6.45) is 2.94. The molecule has 1 aromatic rings.